The fourth-order valence-electron chi connectivity index (χ4n) is 2.50. The van der Waals surface area contributed by atoms with Crippen molar-refractivity contribution in [2.75, 3.05) is 7.11 Å². The first kappa shape index (κ1) is 15.0. The number of ether oxygens (including phenoxy) is 1. The molecule has 0 aliphatic carbocycles. The summed E-state index contributed by atoms with van der Waals surface area (Å²) in [5, 5.41) is 8.68. The number of carbonyl (C=O) groups is 1. The van der Waals surface area contributed by atoms with Crippen LogP contribution in [0.25, 0.3) is 10.8 Å². The molecule has 23 heavy (non-hydrogen) atoms. The van der Waals surface area contributed by atoms with E-state index in [1.807, 2.05) is 43.3 Å². The van der Waals surface area contributed by atoms with Gasteiger partial charge in [0.1, 0.15) is 5.75 Å². The molecule has 6 heteroatoms. The average Bonchev–Trinajstić information content (AvgIpc) is 3.09. The molecule has 0 unspecified atom stereocenters. The van der Waals surface area contributed by atoms with Gasteiger partial charge in [-0.3, -0.25) is 4.79 Å². The second-order valence-electron chi connectivity index (χ2n) is 5.26. The van der Waals surface area contributed by atoms with E-state index >= 15 is 0 Å². The van der Waals surface area contributed by atoms with Crippen molar-refractivity contribution >= 4 is 16.7 Å². The summed E-state index contributed by atoms with van der Waals surface area (Å²) in [5.74, 6) is 1.13. The zero-order valence-corrected chi connectivity index (χ0v) is 12.9. The molecule has 0 spiro atoms. The molecule has 0 fully saturated rings. The van der Waals surface area contributed by atoms with Crippen LogP contribution < -0.4 is 10.1 Å². The van der Waals surface area contributed by atoms with E-state index in [2.05, 4.69) is 15.5 Å². The highest BCUT2D eigenvalue weighted by atomic mass is 16.5. The number of hydrogen-bond donors (Lipinski definition) is 1. The predicted molar refractivity (Wildman–Crippen MR) is 85.1 cm³/mol. The molecule has 2 aromatic carbocycles. The molecule has 0 saturated heterocycles. The molecule has 118 valence electrons. The molecule has 1 amide bonds. The minimum atomic E-state index is -0.300. The lowest BCUT2D eigenvalue weighted by Gasteiger charge is -2.12. The summed E-state index contributed by atoms with van der Waals surface area (Å²) in [7, 11) is 1.63. The van der Waals surface area contributed by atoms with Gasteiger partial charge in [-0.25, -0.2) is 0 Å². The van der Waals surface area contributed by atoms with Crippen LogP contribution in [0.4, 0.5) is 0 Å². The van der Waals surface area contributed by atoms with Gasteiger partial charge in [0, 0.05) is 0 Å². The first-order valence-corrected chi connectivity index (χ1v) is 7.28. The molecule has 0 saturated carbocycles. The highest BCUT2D eigenvalue weighted by molar-refractivity contribution is 5.91. The zero-order chi connectivity index (χ0) is 16.2. The van der Waals surface area contributed by atoms with E-state index < -0.39 is 0 Å². The maximum Gasteiger partial charge on any atom is 0.225 e. The third-order valence-electron chi connectivity index (χ3n) is 3.67. The molecule has 1 heterocycles. The highest BCUT2D eigenvalue weighted by Crippen LogP contribution is 2.24. The van der Waals surface area contributed by atoms with Gasteiger partial charge in [0.25, 0.3) is 0 Å². The van der Waals surface area contributed by atoms with Crippen LogP contribution in [0.3, 0.4) is 0 Å². The number of fused-ring (bicyclic) bond motifs is 1. The molecular weight excluding hydrogens is 294 g/mol. The Bertz CT molecular complexity index is 815. The smallest absolute Gasteiger partial charge is 0.225 e. The molecule has 0 aliphatic rings. The maximum atomic E-state index is 12.3. The molecule has 6 nitrogen and oxygen atoms in total. The Morgan fingerprint density at radius 2 is 2.22 bits per heavy atom. The van der Waals surface area contributed by atoms with Crippen LogP contribution >= 0.6 is 0 Å². The van der Waals surface area contributed by atoms with E-state index in [4.69, 9.17) is 9.26 Å². The fourth-order valence-corrected chi connectivity index (χ4v) is 2.50. The number of nitrogens with zero attached hydrogens (tertiary/aromatic N) is 2. The first-order valence-electron chi connectivity index (χ1n) is 7.28. The summed E-state index contributed by atoms with van der Waals surface area (Å²) < 4.78 is 9.96. The normalized spacial score (nSPS) is 12.1. The Kier molecular flexibility index (Phi) is 4.23. The third kappa shape index (κ3) is 3.31. The van der Waals surface area contributed by atoms with Gasteiger partial charge in [-0.1, -0.05) is 29.4 Å². The molecule has 0 bridgehead atoms. The summed E-state index contributed by atoms with van der Waals surface area (Å²) in [6.45, 7) is 1.81. The number of aromatic nitrogens is 2. The Labute approximate surface area is 133 Å². The van der Waals surface area contributed by atoms with Crippen molar-refractivity contribution in [2.45, 2.75) is 19.4 Å². The van der Waals surface area contributed by atoms with Gasteiger partial charge in [-0.15, -0.1) is 0 Å². The van der Waals surface area contributed by atoms with E-state index in [0.717, 1.165) is 22.1 Å². The van der Waals surface area contributed by atoms with Crippen molar-refractivity contribution in [3.63, 3.8) is 0 Å². The van der Waals surface area contributed by atoms with Gasteiger partial charge in [-0.05, 0) is 35.4 Å². The number of amides is 1. The average molecular weight is 311 g/mol. The van der Waals surface area contributed by atoms with Gasteiger partial charge in [0.2, 0.25) is 12.3 Å². The van der Waals surface area contributed by atoms with E-state index in [1.165, 1.54) is 6.39 Å². The molecule has 3 aromatic rings. The number of nitrogens with one attached hydrogen (secondary N) is 1. The van der Waals surface area contributed by atoms with Gasteiger partial charge in [0.05, 0.1) is 19.6 Å². The van der Waals surface area contributed by atoms with Gasteiger partial charge in [0.15, 0.2) is 5.82 Å². The van der Waals surface area contributed by atoms with Crippen LogP contribution in [0.5, 0.6) is 5.75 Å². The molecule has 1 aromatic heterocycles. The number of methoxy groups -OCH3 is 1. The summed E-state index contributed by atoms with van der Waals surface area (Å²) in [6.07, 6.45) is 1.52. The quantitative estimate of drug-likeness (QED) is 0.784. The lowest BCUT2D eigenvalue weighted by atomic mass is 10.0. The van der Waals surface area contributed by atoms with Crippen molar-refractivity contribution in [3.8, 4) is 5.75 Å². The van der Waals surface area contributed by atoms with Crippen molar-refractivity contribution < 1.29 is 14.1 Å². The standard InChI is InChI=1S/C17H17N3O3/c1-11(17-18-10-23-20-17)19-16(21)8-13-5-3-4-12-6-7-14(22-2)9-15(12)13/h3-7,9-11H,8H2,1-2H3,(H,19,21)/t11-/m0/s1. The summed E-state index contributed by atoms with van der Waals surface area (Å²) >= 11 is 0. The van der Waals surface area contributed by atoms with Crippen LogP contribution in [-0.2, 0) is 11.2 Å². The Hall–Kier alpha value is -2.89. The monoisotopic (exact) mass is 311 g/mol. The topological polar surface area (TPSA) is 77.2 Å². The first-order chi connectivity index (χ1) is 11.2. The molecule has 3 rings (SSSR count). The van der Waals surface area contributed by atoms with Gasteiger partial charge < -0.3 is 14.6 Å². The van der Waals surface area contributed by atoms with E-state index in [1.54, 1.807) is 7.11 Å². The van der Waals surface area contributed by atoms with Gasteiger partial charge in [-0.2, -0.15) is 4.98 Å². The molecular formula is C17H17N3O3. The van der Waals surface area contributed by atoms with E-state index in [9.17, 15) is 4.79 Å². The molecule has 1 atom stereocenters. The third-order valence-corrected chi connectivity index (χ3v) is 3.67. The number of carbonyl (C=O) groups excluding carboxylic acids is 1. The highest BCUT2D eigenvalue weighted by Gasteiger charge is 2.14. The fraction of sp³-hybridized carbons (Fsp3) is 0.235. The Balaban J connectivity index is 1.79. The number of hydrogen-bond acceptors (Lipinski definition) is 5. The van der Waals surface area contributed by atoms with Crippen molar-refractivity contribution in [1.82, 2.24) is 15.5 Å². The molecule has 0 radical (unpaired) electrons. The summed E-state index contributed by atoms with van der Waals surface area (Å²) in [5.41, 5.74) is 0.944. The van der Waals surface area contributed by atoms with Crippen molar-refractivity contribution in [1.29, 1.82) is 0 Å². The van der Waals surface area contributed by atoms with Crippen LogP contribution in [0.1, 0.15) is 24.4 Å². The van der Waals surface area contributed by atoms with Gasteiger partial charge >= 0.3 is 0 Å². The van der Waals surface area contributed by atoms with Crippen molar-refractivity contribution in [2.24, 2.45) is 0 Å². The molecule has 1 N–H and O–H groups in total. The SMILES string of the molecule is COc1ccc2cccc(CC(=O)N[C@@H](C)c3ncon3)c2c1. The van der Waals surface area contributed by atoms with Crippen LogP contribution in [-0.4, -0.2) is 23.2 Å². The Morgan fingerprint density at radius 3 is 2.96 bits per heavy atom. The minimum Gasteiger partial charge on any atom is -0.497 e. The zero-order valence-electron chi connectivity index (χ0n) is 12.9. The minimum absolute atomic E-state index is 0.0994. The largest absolute Gasteiger partial charge is 0.497 e. The van der Waals surface area contributed by atoms with Crippen molar-refractivity contribution in [3.05, 3.63) is 54.2 Å². The second kappa shape index (κ2) is 6.48. The van der Waals surface area contributed by atoms with Crippen LogP contribution in [0, 0.1) is 0 Å². The summed E-state index contributed by atoms with van der Waals surface area (Å²) in [6, 6.07) is 11.4. The maximum absolute atomic E-state index is 12.3. The van der Waals surface area contributed by atoms with Crippen LogP contribution in [0.15, 0.2) is 47.3 Å². The predicted octanol–water partition coefficient (Wildman–Crippen LogP) is 2.65. The summed E-state index contributed by atoms with van der Waals surface area (Å²) in [4.78, 5) is 16.2. The van der Waals surface area contributed by atoms with Crippen LogP contribution in [0.2, 0.25) is 0 Å². The number of rotatable bonds is 5. The lowest BCUT2D eigenvalue weighted by Crippen LogP contribution is -2.28. The van der Waals surface area contributed by atoms with E-state index in [0.29, 0.717) is 5.82 Å². The number of benzene rings is 2. The Morgan fingerprint density at radius 1 is 1.35 bits per heavy atom. The molecule has 0 aliphatic heterocycles. The lowest BCUT2D eigenvalue weighted by molar-refractivity contribution is -0.121. The van der Waals surface area contributed by atoms with E-state index in [-0.39, 0.29) is 18.4 Å². The second-order valence-corrected chi connectivity index (χ2v) is 5.26.